The van der Waals surface area contributed by atoms with E-state index in [1.165, 1.54) is 77.0 Å². The van der Waals surface area contributed by atoms with Gasteiger partial charge < -0.3 is 9.47 Å². The van der Waals surface area contributed by atoms with Crippen molar-refractivity contribution in [2.45, 2.75) is 96.2 Å². The Bertz CT molecular complexity index is 217. The Labute approximate surface area is 126 Å². The van der Waals surface area contributed by atoms with Gasteiger partial charge in [-0.15, -0.1) is 0 Å². The fourth-order valence-electron chi connectivity index (χ4n) is 3.70. The van der Waals surface area contributed by atoms with Crippen molar-refractivity contribution < 1.29 is 9.47 Å². The normalized spacial score (nSPS) is 17.6. The third-order valence-corrected chi connectivity index (χ3v) is 5.05. The van der Waals surface area contributed by atoms with Crippen LogP contribution in [0.4, 0.5) is 0 Å². The lowest BCUT2D eigenvalue weighted by Crippen LogP contribution is -2.43. The molecule has 2 nitrogen and oxygen atoms in total. The standard InChI is InChI=1S/C18H36O2/c1-4-5-6-7-8-9-13-16-18(19-2,20-3)17-14-11-10-12-15-17/h17H,4-16H2,1-3H3. The molecule has 0 atom stereocenters. The summed E-state index contributed by atoms with van der Waals surface area (Å²) in [5.41, 5.74) is 0. The smallest absolute Gasteiger partial charge is 0.170 e. The summed E-state index contributed by atoms with van der Waals surface area (Å²) in [7, 11) is 3.67. The van der Waals surface area contributed by atoms with Crippen molar-refractivity contribution >= 4 is 0 Å². The van der Waals surface area contributed by atoms with E-state index in [9.17, 15) is 0 Å². The first kappa shape index (κ1) is 18.0. The van der Waals surface area contributed by atoms with E-state index in [1.807, 2.05) is 14.2 Å². The number of hydrogen-bond acceptors (Lipinski definition) is 2. The van der Waals surface area contributed by atoms with Gasteiger partial charge >= 0.3 is 0 Å². The van der Waals surface area contributed by atoms with Crippen molar-refractivity contribution in [2.24, 2.45) is 5.92 Å². The second-order valence-electron chi connectivity index (χ2n) is 6.43. The van der Waals surface area contributed by atoms with Gasteiger partial charge in [0.05, 0.1) is 0 Å². The first-order chi connectivity index (χ1) is 9.79. The van der Waals surface area contributed by atoms with E-state index < -0.39 is 0 Å². The maximum atomic E-state index is 5.85. The molecule has 1 fully saturated rings. The van der Waals surface area contributed by atoms with Gasteiger partial charge in [-0.05, 0) is 19.3 Å². The zero-order valence-corrected chi connectivity index (χ0v) is 14.1. The number of methoxy groups -OCH3 is 2. The number of hydrogen-bond donors (Lipinski definition) is 0. The molecule has 0 spiro atoms. The predicted molar refractivity (Wildman–Crippen MR) is 85.9 cm³/mol. The largest absolute Gasteiger partial charge is 0.353 e. The van der Waals surface area contributed by atoms with Crippen molar-refractivity contribution in [1.29, 1.82) is 0 Å². The lowest BCUT2D eigenvalue weighted by Gasteiger charge is -2.40. The summed E-state index contributed by atoms with van der Waals surface area (Å²) in [6, 6.07) is 0. The molecule has 0 heterocycles. The van der Waals surface area contributed by atoms with E-state index in [0.29, 0.717) is 5.92 Å². The van der Waals surface area contributed by atoms with Crippen LogP contribution in [0.1, 0.15) is 90.4 Å². The average Bonchev–Trinajstić information content (AvgIpc) is 2.52. The van der Waals surface area contributed by atoms with E-state index in [1.54, 1.807) is 0 Å². The Morgan fingerprint density at radius 1 is 0.800 bits per heavy atom. The molecule has 0 aromatic carbocycles. The molecule has 1 rings (SSSR count). The molecule has 1 aliphatic rings. The molecule has 0 radical (unpaired) electrons. The van der Waals surface area contributed by atoms with Crippen LogP contribution in [0.3, 0.4) is 0 Å². The van der Waals surface area contributed by atoms with Crippen LogP contribution in [0.15, 0.2) is 0 Å². The van der Waals surface area contributed by atoms with Crippen LogP contribution < -0.4 is 0 Å². The van der Waals surface area contributed by atoms with Crippen molar-refractivity contribution in [1.82, 2.24) is 0 Å². The van der Waals surface area contributed by atoms with Crippen molar-refractivity contribution in [3.63, 3.8) is 0 Å². The molecular weight excluding hydrogens is 248 g/mol. The Hall–Kier alpha value is -0.0800. The fourth-order valence-corrected chi connectivity index (χ4v) is 3.70. The third kappa shape index (κ3) is 5.73. The summed E-state index contributed by atoms with van der Waals surface area (Å²) in [5, 5.41) is 0. The molecule has 1 aliphatic carbocycles. The molecule has 2 heteroatoms. The summed E-state index contributed by atoms with van der Waals surface area (Å²) < 4.78 is 11.7. The van der Waals surface area contributed by atoms with Gasteiger partial charge in [0, 0.05) is 26.6 Å². The molecule has 120 valence electrons. The second kappa shape index (κ2) is 10.6. The quantitative estimate of drug-likeness (QED) is 0.358. The highest BCUT2D eigenvalue weighted by molar-refractivity contribution is 4.82. The van der Waals surface area contributed by atoms with Crippen LogP contribution in [-0.2, 0) is 9.47 Å². The SMILES string of the molecule is CCCCCCCCCC(OC)(OC)C1CCCCC1. The Morgan fingerprint density at radius 3 is 1.90 bits per heavy atom. The molecule has 0 N–H and O–H groups in total. The lowest BCUT2D eigenvalue weighted by atomic mass is 9.80. The van der Waals surface area contributed by atoms with Crippen LogP contribution in [0.5, 0.6) is 0 Å². The third-order valence-electron chi connectivity index (χ3n) is 5.05. The molecule has 0 saturated heterocycles. The molecule has 0 aromatic rings. The minimum atomic E-state index is -0.302. The fraction of sp³-hybridized carbons (Fsp3) is 1.00. The maximum absolute atomic E-state index is 5.85. The van der Waals surface area contributed by atoms with Crippen LogP contribution in [0.25, 0.3) is 0 Å². The Morgan fingerprint density at radius 2 is 1.35 bits per heavy atom. The topological polar surface area (TPSA) is 18.5 Å². The van der Waals surface area contributed by atoms with E-state index in [4.69, 9.17) is 9.47 Å². The van der Waals surface area contributed by atoms with Crippen LogP contribution in [-0.4, -0.2) is 20.0 Å². The van der Waals surface area contributed by atoms with Crippen molar-refractivity contribution in [3.05, 3.63) is 0 Å². The highest BCUT2D eigenvalue weighted by Gasteiger charge is 2.38. The number of ether oxygens (including phenoxy) is 2. The van der Waals surface area contributed by atoms with Gasteiger partial charge in [-0.1, -0.05) is 64.7 Å². The first-order valence-corrected chi connectivity index (χ1v) is 8.89. The maximum Gasteiger partial charge on any atom is 0.170 e. The number of rotatable bonds is 11. The van der Waals surface area contributed by atoms with Gasteiger partial charge in [0.15, 0.2) is 5.79 Å². The molecule has 20 heavy (non-hydrogen) atoms. The Balaban J connectivity index is 2.27. The van der Waals surface area contributed by atoms with Crippen molar-refractivity contribution in [3.8, 4) is 0 Å². The molecule has 0 unspecified atom stereocenters. The molecular formula is C18H36O2. The van der Waals surface area contributed by atoms with Crippen molar-refractivity contribution in [2.75, 3.05) is 14.2 Å². The summed E-state index contributed by atoms with van der Waals surface area (Å²) in [4.78, 5) is 0. The minimum absolute atomic E-state index is 0.302. The van der Waals surface area contributed by atoms with E-state index in [-0.39, 0.29) is 5.79 Å². The predicted octanol–water partition coefficient (Wildman–Crippen LogP) is 5.70. The van der Waals surface area contributed by atoms with Gasteiger partial charge in [0.2, 0.25) is 0 Å². The van der Waals surface area contributed by atoms with Crippen LogP contribution in [0, 0.1) is 5.92 Å². The van der Waals surface area contributed by atoms with Gasteiger partial charge in [-0.2, -0.15) is 0 Å². The van der Waals surface area contributed by atoms with Gasteiger partial charge in [0.1, 0.15) is 0 Å². The first-order valence-electron chi connectivity index (χ1n) is 8.89. The lowest BCUT2D eigenvalue weighted by molar-refractivity contribution is -0.249. The Kier molecular flexibility index (Phi) is 9.54. The molecule has 0 bridgehead atoms. The van der Waals surface area contributed by atoms with E-state index in [2.05, 4.69) is 6.92 Å². The minimum Gasteiger partial charge on any atom is -0.353 e. The summed E-state index contributed by atoms with van der Waals surface area (Å²) in [5.74, 6) is 0.301. The van der Waals surface area contributed by atoms with Crippen LogP contribution >= 0.6 is 0 Å². The van der Waals surface area contributed by atoms with E-state index >= 15 is 0 Å². The van der Waals surface area contributed by atoms with Gasteiger partial charge in [0.25, 0.3) is 0 Å². The highest BCUT2D eigenvalue weighted by atomic mass is 16.7. The average molecular weight is 284 g/mol. The highest BCUT2D eigenvalue weighted by Crippen LogP contribution is 2.38. The zero-order chi connectivity index (χ0) is 14.7. The summed E-state index contributed by atoms with van der Waals surface area (Å²) in [6.07, 6.45) is 17.1. The van der Waals surface area contributed by atoms with E-state index in [0.717, 1.165) is 6.42 Å². The van der Waals surface area contributed by atoms with Crippen LogP contribution in [0.2, 0.25) is 0 Å². The zero-order valence-electron chi connectivity index (χ0n) is 14.1. The summed E-state index contributed by atoms with van der Waals surface area (Å²) in [6.45, 7) is 2.27. The molecule has 0 amide bonds. The van der Waals surface area contributed by atoms with Gasteiger partial charge in [-0.25, -0.2) is 0 Å². The molecule has 1 saturated carbocycles. The molecule has 0 aliphatic heterocycles. The monoisotopic (exact) mass is 284 g/mol. The summed E-state index contributed by atoms with van der Waals surface area (Å²) >= 11 is 0. The van der Waals surface area contributed by atoms with Gasteiger partial charge in [-0.3, -0.25) is 0 Å². The number of unbranched alkanes of at least 4 members (excludes halogenated alkanes) is 6. The second-order valence-corrected chi connectivity index (χ2v) is 6.43. The molecule has 0 aromatic heterocycles.